The Morgan fingerprint density at radius 2 is 1.91 bits per heavy atom. The van der Waals surface area contributed by atoms with Gasteiger partial charge in [-0.05, 0) is 55.5 Å². The number of carbonyl (C=O) groups excluding carboxylic acids is 2. The Kier molecular flexibility index (Phi) is 5.57. The highest BCUT2D eigenvalue weighted by molar-refractivity contribution is 5.97. The molecular formula is C26H29FN2O3. The van der Waals surface area contributed by atoms with Gasteiger partial charge >= 0.3 is 5.97 Å². The van der Waals surface area contributed by atoms with Crippen LogP contribution in [0, 0.1) is 18.2 Å². The van der Waals surface area contributed by atoms with Crippen molar-refractivity contribution in [2.45, 2.75) is 52.7 Å². The van der Waals surface area contributed by atoms with Gasteiger partial charge in [0, 0.05) is 29.9 Å². The number of amides is 1. The molecule has 32 heavy (non-hydrogen) atoms. The van der Waals surface area contributed by atoms with Crippen molar-refractivity contribution in [2.24, 2.45) is 5.41 Å². The zero-order valence-corrected chi connectivity index (χ0v) is 19.1. The van der Waals surface area contributed by atoms with Crippen molar-refractivity contribution in [1.29, 1.82) is 0 Å². The minimum Gasteiger partial charge on any atom is -0.460 e. The van der Waals surface area contributed by atoms with Gasteiger partial charge in [0.1, 0.15) is 5.82 Å². The summed E-state index contributed by atoms with van der Waals surface area (Å²) in [5.41, 5.74) is 2.84. The summed E-state index contributed by atoms with van der Waals surface area (Å²) in [4.78, 5) is 28.1. The Morgan fingerprint density at radius 1 is 1.19 bits per heavy atom. The Morgan fingerprint density at radius 3 is 2.59 bits per heavy atom. The van der Waals surface area contributed by atoms with Crippen molar-refractivity contribution < 1.29 is 18.7 Å². The van der Waals surface area contributed by atoms with Gasteiger partial charge < -0.3 is 15.0 Å². The van der Waals surface area contributed by atoms with E-state index in [0.29, 0.717) is 17.7 Å². The molecule has 2 heterocycles. The summed E-state index contributed by atoms with van der Waals surface area (Å²) >= 11 is 0. The number of carbonyl (C=O) groups is 2. The van der Waals surface area contributed by atoms with E-state index in [2.05, 4.69) is 25.2 Å². The normalized spacial score (nSPS) is 21.2. The van der Waals surface area contributed by atoms with Crippen molar-refractivity contribution in [3.63, 3.8) is 0 Å². The molecule has 0 bridgehead atoms. The molecule has 0 radical (unpaired) electrons. The van der Waals surface area contributed by atoms with Crippen LogP contribution >= 0.6 is 0 Å². The molecular weight excluding hydrogens is 407 g/mol. The van der Waals surface area contributed by atoms with Crippen LogP contribution in [0.15, 0.2) is 54.2 Å². The van der Waals surface area contributed by atoms with Crippen LogP contribution in [-0.4, -0.2) is 35.5 Å². The van der Waals surface area contributed by atoms with Gasteiger partial charge in [-0.3, -0.25) is 4.79 Å². The molecule has 0 saturated heterocycles. The number of halogens is 1. The molecule has 1 amide bonds. The lowest BCUT2D eigenvalue weighted by atomic mass is 9.71. The number of esters is 1. The highest BCUT2D eigenvalue weighted by atomic mass is 19.1. The topological polar surface area (TPSA) is 58.6 Å². The Labute approximate surface area is 188 Å². The summed E-state index contributed by atoms with van der Waals surface area (Å²) in [5, 5.41) is 3.49. The predicted molar refractivity (Wildman–Crippen MR) is 122 cm³/mol. The van der Waals surface area contributed by atoms with Crippen molar-refractivity contribution in [2.75, 3.05) is 11.9 Å². The Hall–Kier alpha value is -3.15. The molecule has 0 fully saturated rings. The summed E-state index contributed by atoms with van der Waals surface area (Å²) in [5.74, 6) is -1.28. The standard InChI is InChI=1S/C26H29FN2O3/c1-15(2)32-25(31)19-13-29(24(30)17-11-10-16(3)20(27)12-17)14-26(4,5)22-18-8-6-7-9-21(18)28-23(19)22/h6-13,15,22-23,28H,14H2,1-5H3. The SMILES string of the molecule is Cc1ccc(C(=O)N2C=C(C(=O)OC(C)C)C3Nc4ccccc4C3C(C)(C)C2)cc1F. The van der Waals surface area contributed by atoms with Crippen LogP contribution in [-0.2, 0) is 9.53 Å². The van der Waals surface area contributed by atoms with Gasteiger partial charge in [-0.2, -0.15) is 0 Å². The third kappa shape index (κ3) is 3.90. The van der Waals surface area contributed by atoms with E-state index in [4.69, 9.17) is 4.74 Å². The molecule has 168 valence electrons. The lowest BCUT2D eigenvalue weighted by molar-refractivity contribution is -0.143. The first-order valence-corrected chi connectivity index (χ1v) is 10.9. The highest BCUT2D eigenvalue weighted by Crippen LogP contribution is 2.50. The number of anilines is 1. The second-order valence-electron chi connectivity index (χ2n) is 9.61. The molecule has 0 spiro atoms. The zero-order valence-electron chi connectivity index (χ0n) is 19.1. The predicted octanol–water partition coefficient (Wildman–Crippen LogP) is 5.03. The lowest BCUT2D eigenvalue weighted by Gasteiger charge is -2.36. The molecule has 6 heteroatoms. The van der Waals surface area contributed by atoms with Crippen molar-refractivity contribution >= 4 is 17.6 Å². The third-order valence-corrected chi connectivity index (χ3v) is 6.25. The molecule has 0 aromatic heterocycles. The number of para-hydroxylation sites is 1. The molecule has 5 nitrogen and oxygen atoms in total. The molecule has 2 atom stereocenters. The molecule has 0 aliphatic carbocycles. The van der Waals surface area contributed by atoms with Gasteiger partial charge in [0.25, 0.3) is 5.91 Å². The minimum absolute atomic E-state index is 0.0442. The first-order valence-electron chi connectivity index (χ1n) is 10.9. The monoisotopic (exact) mass is 436 g/mol. The summed E-state index contributed by atoms with van der Waals surface area (Å²) in [6.45, 7) is 9.81. The van der Waals surface area contributed by atoms with Gasteiger partial charge in [0.05, 0.1) is 17.7 Å². The van der Waals surface area contributed by atoms with Crippen LogP contribution in [0.1, 0.15) is 55.1 Å². The number of hydrogen-bond acceptors (Lipinski definition) is 4. The summed E-state index contributed by atoms with van der Waals surface area (Å²) < 4.78 is 19.7. The van der Waals surface area contributed by atoms with Crippen LogP contribution in [0.4, 0.5) is 10.1 Å². The van der Waals surface area contributed by atoms with E-state index in [1.165, 1.54) is 11.0 Å². The summed E-state index contributed by atoms with van der Waals surface area (Å²) in [6, 6.07) is 12.1. The Balaban J connectivity index is 1.80. The minimum atomic E-state index is -0.458. The molecule has 2 aromatic rings. The molecule has 2 unspecified atom stereocenters. The molecule has 0 saturated carbocycles. The van der Waals surface area contributed by atoms with E-state index in [9.17, 15) is 14.0 Å². The van der Waals surface area contributed by atoms with Crippen LogP contribution in [0.3, 0.4) is 0 Å². The van der Waals surface area contributed by atoms with Gasteiger partial charge in [0.15, 0.2) is 0 Å². The van der Waals surface area contributed by atoms with Crippen molar-refractivity contribution in [3.05, 3.63) is 76.7 Å². The van der Waals surface area contributed by atoms with Crippen LogP contribution in [0.25, 0.3) is 0 Å². The number of rotatable bonds is 3. The molecule has 2 aliphatic rings. The van der Waals surface area contributed by atoms with Gasteiger partial charge in [0.2, 0.25) is 0 Å². The molecule has 4 rings (SSSR count). The number of hydrogen-bond donors (Lipinski definition) is 1. The second kappa shape index (κ2) is 8.08. The smallest absolute Gasteiger partial charge is 0.337 e. The number of benzene rings is 2. The average molecular weight is 437 g/mol. The van der Waals surface area contributed by atoms with Crippen molar-refractivity contribution in [3.8, 4) is 0 Å². The summed E-state index contributed by atoms with van der Waals surface area (Å²) in [6.07, 6.45) is 1.30. The quantitative estimate of drug-likeness (QED) is 0.686. The zero-order chi connectivity index (χ0) is 23.2. The Bertz CT molecular complexity index is 1110. The van der Waals surface area contributed by atoms with Gasteiger partial charge in [-0.1, -0.05) is 38.1 Å². The van der Waals surface area contributed by atoms with E-state index in [-0.39, 0.29) is 34.9 Å². The van der Waals surface area contributed by atoms with E-state index < -0.39 is 11.8 Å². The lowest BCUT2D eigenvalue weighted by Crippen LogP contribution is -2.39. The average Bonchev–Trinajstić information content (AvgIpc) is 3.06. The number of ether oxygens (including phenoxy) is 1. The van der Waals surface area contributed by atoms with Crippen LogP contribution < -0.4 is 5.32 Å². The van der Waals surface area contributed by atoms with E-state index >= 15 is 0 Å². The first-order chi connectivity index (χ1) is 15.1. The maximum absolute atomic E-state index is 14.2. The molecule has 2 aliphatic heterocycles. The van der Waals surface area contributed by atoms with Gasteiger partial charge in [-0.15, -0.1) is 0 Å². The fraction of sp³-hybridized carbons (Fsp3) is 0.385. The van der Waals surface area contributed by atoms with Gasteiger partial charge in [-0.25, -0.2) is 9.18 Å². The highest BCUT2D eigenvalue weighted by Gasteiger charge is 2.48. The second-order valence-corrected chi connectivity index (χ2v) is 9.61. The fourth-order valence-electron chi connectivity index (χ4n) is 4.77. The fourth-order valence-corrected chi connectivity index (χ4v) is 4.77. The summed E-state index contributed by atoms with van der Waals surface area (Å²) in [7, 11) is 0. The third-order valence-electron chi connectivity index (χ3n) is 6.25. The maximum Gasteiger partial charge on any atom is 0.337 e. The van der Waals surface area contributed by atoms with E-state index in [1.54, 1.807) is 39.1 Å². The van der Waals surface area contributed by atoms with Crippen LogP contribution in [0.2, 0.25) is 0 Å². The molecule has 1 N–H and O–H groups in total. The van der Waals surface area contributed by atoms with Crippen molar-refractivity contribution in [1.82, 2.24) is 4.90 Å². The number of fused-ring (bicyclic) bond motifs is 3. The maximum atomic E-state index is 14.2. The van der Waals surface area contributed by atoms with E-state index in [0.717, 1.165) is 11.3 Å². The number of nitrogens with one attached hydrogen (secondary N) is 1. The van der Waals surface area contributed by atoms with Crippen LogP contribution in [0.5, 0.6) is 0 Å². The number of aryl methyl sites for hydroxylation is 1. The van der Waals surface area contributed by atoms with E-state index in [1.807, 2.05) is 18.2 Å². The molecule has 2 aromatic carbocycles. The largest absolute Gasteiger partial charge is 0.460 e. The number of nitrogens with zero attached hydrogens (tertiary/aromatic N) is 1. The first kappa shape index (κ1) is 22.1.